The molecule has 1 aromatic heterocycles. The molecular formula is C18H23ClN2O2. The van der Waals surface area contributed by atoms with Crippen molar-refractivity contribution in [2.45, 2.75) is 53.1 Å². The first-order chi connectivity index (χ1) is 10.9. The summed E-state index contributed by atoms with van der Waals surface area (Å²) in [5.74, 6) is 0.918. The predicted molar refractivity (Wildman–Crippen MR) is 91.4 cm³/mol. The zero-order chi connectivity index (χ0) is 17.0. The second-order valence-corrected chi connectivity index (χ2v) is 6.48. The van der Waals surface area contributed by atoms with Gasteiger partial charge in [0, 0.05) is 29.6 Å². The molecule has 0 aliphatic rings. The highest BCUT2D eigenvalue weighted by molar-refractivity contribution is 6.30. The van der Waals surface area contributed by atoms with Crippen molar-refractivity contribution in [3.8, 4) is 0 Å². The Kier molecular flexibility index (Phi) is 5.83. The minimum atomic E-state index is 0.125. The topological polar surface area (TPSA) is 46.3 Å². The van der Waals surface area contributed by atoms with Crippen LogP contribution in [0.3, 0.4) is 0 Å². The van der Waals surface area contributed by atoms with Crippen LogP contribution in [0.5, 0.6) is 0 Å². The van der Waals surface area contributed by atoms with Crippen molar-refractivity contribution in [3.05, 3.63) is 51.9 Å². The summed E-state index contributed by atoms with van der Waals surface area (Å²) in [5, 5.41) is 4.63. The van der Waals surface area contributed by atoms with Crippen LogP contribution in [0, 0.1) is 13.8 Å². The molecule has 0 fully saturated rings. The Labute approximate surface area is 142 Å². The second-order valence-electron chi connectivity index (χ2n) is 6.05. The summed E-state index contributed by atoms with van der Waals surface area (Å²) in [5.41, 5.74) is 2.93. The normalized spacial score (nSPS) is 11.0. The molecule has 1 amide bonds. The van der Waals surface area contributed by atoms with Crippen LogP contribution in [0.25, 0.3) is 0 Å². The van der Waals surface area contributed by atoms with Gasteiger partial charge in [-0.2, -0.15) is 0 Å². The van der Waals surface area contributed by atoms with Gasteiger partial charge in [-0.15, -0.1) is 0 Å². The van der Waals surface area contributed by atoms with Gasteiger partial charge in [0.1, 0.15) is 5.76 Å². The van der Waals surface area contributed by atoms with Gasteiger partial charge in [0.25, 0.3) is 0 Å². The number of rotatable bonds is 6. The van der Waals surface area contributed by atoms with Crippen molar-refractivity contribution in [3.63, 3.8) is 0 Å². The third-order valence-corrected chi connectivity index (χ3v) is 4.19. The Morgan fingerprint density at radius 3 is 2.65 bits per heavy atom. The number of carbonyl (C=O) groups is 1. The Hall–Kier alpha value is -1.81. The lowest BCUT2D eigenvalue weighted by molar-refractivity contribution is -0.133. The van der Waals surface area contributed by atoms with E-state index < -0.39 is 0 Å². The van der Waals surface area contributed by atoms with Gasteiger partial charge in [0.15, 0.2) is 0 Å². The number of carbonyl (C=O) groups excluding carboxylic acids is 1. The van der Waals surface area contributed by atoms with Gasteiger partial charge >= 0.3 is 0 Å². The summed E-state index contributed by atoms with van der Waals surface area (Å²) >= 11 is 6.03. The number of aromatic nitrogens is 1. The van der Waals surface area contributed by atoms with Crippen LogP contribution < -0.4 is 0 Å². The molecule has 0 aliphatic carbocycles. The molecule has 1 heterocycles. The number of hydrogen-bond donors (Lipinski definition) is 0. The molecular weight excluding hydrogens is 312 g/mol. The number of aryl methyl sites for hydroxylation is 2. The van der Waals surface area contributed by atoms with E-state index in [1.165, 1.54) is 0 Å². The Morgan fingerprint density at radius 2 is 2.09 bits per heavy atom. The second kappa shape index (κ2) is 7.64. The fourth-order valence-electron chi connectivity index (χ4n) is 2.63. The molecule has 0 saturated carbocycles. The number of hydrogen-bond acceptors (Lipinski definition) is 3. The minimum absolute atomic E-state index is 0.125. The zero-order valence-corrected chi connectivity index (χ0v) is 14.9. The highest BCUT2D eigenvalue weighted by Crippen LogP contribution is 2.18. The van der Waals surface area contributed by atoms with Crippen LogP contribution in [0.2, 0.25) is 5.02 Å². The standard InChI is InChI=1S/C18H23ClN2O2/c1-12(2)21(11-15-6-5-7-16(19)10-15)18(22)9-8-17-13(3)20-23-14(17)4/h5-7,10,12H,8-9,11H2,1-4H3. The van der Waals surface area contributed by atoms with E-state index in [1.807, 2.05) is 56.9 Å². The molecule has 4 nitrogen and oxygen atoms in total. The van der Waals surface area contributed by atoms with E-state index >= 15 is 0 Å². The first-order valence-electron chi connectivity index (χ1n) is 7.84. The van der Waals surface area contributed by atoms with Gasteiger partial charge < -0.3 is 9.42 Å². The Bertz CT molecular complexity index is 660. The summed E-state index contributed by atoms with van der Waals surface area (Å²) < 4.78 is 5.15. The molecule has 0 radical (unpaired) electrons. The van der Waals surface area contributed by atoms with Crippen LogP contribution in [0.4, 0.5) is 0 Å². The van der Waals surface area contributed by atoms with Crippen molar-refractivity contribution >= 4 is 17.5 Å². The number of nitrogens with zero attached hydrogens (tertiary/aromatic N) is 2. The third kappa shape index (κ3) is 4.58. The van der Waals surface area contributed by atoms with Crippen LogP contribution in [-0.2, 0) is 17.8 Å². The quantitative estimate of drug-likeness (QED) is 0.790. The average Bonchev–Trinajstić information content (AvgIpc) is 2.81. The van der Waals surface area contributed by atoms with Gasteiger partial charge in [-0.05, 0) is 51.8 Å². The predicted octanol–water partition coefficient (Wildman–Crippen LogP) is 4.31. The summed E-state index contributed by atoms with van der Waals surface area (Å²) in [7, 11) is 0. The molecule has 0 aliphatic heterocycles. The summed E-state index contributed by atoms with van der Waals surface area (Å²) in [6.45, 7) is 8.41. The molecule has 0 saturated heterocycles. The Morgan fingerprint density at radius 1 is 1.35 bits per heavy atom. The molecule has 23 heavy (non-hydrogen) atoms. The van der Waals surface area contributed by atoms with Gasteiger partial charge in [0.2, 0.25) is 5.91 Å². The van der Waals surface area contributed by atoms with Gasteiger partial charge in [-0.3, -0.25) is 4.79 Å². The summed E-state index contributed by atoms with van der Waals surface area (Å²) in [6, 6.07) is 7.77. The van der Waals surface area contributed by atoms with E-state index in [1.54, 1.807) is 0 Å². The number of amides is 1. The van der Waals surface area contributed by atoms with Crippen molar-refractivity contribution in [2.75, 3.05) is 0 Å². The molecule has 2 rings (SSSR count). The summed E-state index contributed by atoms with van der Waals surface area (Å²) in [6.07, 6.45) is 1.10. The average molecular weight is 335 g/mol. The molecule has 0 bridgehead atoms. The monoisotopic (exact) mass is 334 g/mol. The van der Waals surface area contributed by atoms with E-state index in [0.29, 0.717) is 24.4 Å². The van der Waals surface area contributed by atoms with E-state index in [2.05, 4.69) is 5.16 Å². The number of halogens is 1. The lowest BCUT2D eigenvalue weighted by Crippen LogP contribution is -2.36. The van der Waals surface area contributed by atoms with E-state index in [0.717, 1.165) is 22.6 Å². The Balaban J connectivity index is 2.04. The van der Waals surface area contributed by atoms with Crippen LogP contribution >= 0.6 is 11.6 Å². The molecule has 1 aromatic carbocycles. The van der Waals surface area contributed by atoms with Crippen LogP contribution in [0.1, 0.15) is 42.8 Å². The maximum absolute atomic E-state index is 12.6. The van der Waals surface area contributed by atoms with Gasteiger partial charge in [0.05, 0.1) is 5.69 Å². The lowest BCUT2D eigenvalue weighted by Gasteiger charge is -2.27. The van der Waals surface area contributed by atoms with Crippen LogP contribution in [-0.4, -0.2) is 22.0 Å². The fourth-order valence-corrected chi connectivity index (χ4v) is 2.84. The maximum atomic E-state index is 12.6. The van der Waals surface area contributed by atoms with Crippen LogP contribution in [0.15, 0.2) is 28.8 Å². The number of benzene rings is 1. The van der Waals surface area contributed by atoms with Crippen molar-refractivity contribution in [1.82, 2.24) is 10.1 Å². The lowest BCUT2D eigenvalue weighted by atomic mass is 10.1. The zero-order valence-electron chi connectivity index (χ0n) is 14.1. The molecule has 0 unspecified atom stereocenters. The summed E-state index contributed by atoms with van der Waals surface area (Å²) in [4.78, 5) is 14.5. The van der Waals surface area contributed by atoms with E-state index in [4.69, 9.17) is 16.1 Å². The van der Waals surface area contributed by atoms with Crippen molar-refractivity contribution < 1.29 is 9.32 Å². The fraction of sp³-hybridized carbons (Fsp3) is 0.444. The molecule has 124 valence electrons. The van der Waals surface area contributed by atoms with Crippen molar-refractivity contribution in [2.24, 2.45) is 0 Å². The third-order valence-electron chi connectivity index (χ3n) is 3.96. The maximum Gasteiger partial charge on any atom is 0.223 e. The highest BCUT2D eigenvalue weighted by atomic mass is 35.5. The molecule has 0 spiro atoms. The molecule has 2 aromatic rings. The SMILES string of the molecule is Cc1noc(C)c1CCC(=O)N(Cc1cccc(Cl)c1)C(C)C. The largest absolute Gasteiger partial charge is 0.361 e. The van der Waals surface area contributed by atoms with E-state index in [9.17, 15) is 4.79 Å². The van der Waals surface area contributed by atoms with Crippen molar-refractivity contribution in [1.29, 1.82) is 0 Å². The van der Waals surface area contributed by atoms with Gasteiger partial charge in [-0.1, -0.05) is 28.9 Å². The first kappa shape index (κ1) is 17.5. The molecule has 0 N–H and O–H groups in total. The van der Waals surface area contributed by atoms with E-state index in [-0.39, 0.29) is 11.9 Å². The molecule has 0 atom stereocenters. The van der Waals surface area contributed by atoms with Gasteiger partial charge in [-0.25, -0.2) is 0 Å². The highest BCUT2D eigenvalue weighted by Gasteiger charge is 2.19. The smallest absolute Gasteiger partial charge is 0.223 e. The first-order valence-corrected chi connectivity index (χ1v) is 8.22. The minimum Gasteiger partial charge on any atom is -0.361 e. The molecule has 5 heteroatoms.